The van der Waals surface area contributed by atoms with Gasteiger partial charge < -0.3 is 14.2 Å². The third-order valence-electron chi connectivity index (χ3n) is 8.02. The molecule has 0 aromatic heterocycles. The van der Waals surface area contributed by atoms with Gasteiger partial charge in [-0.25, -0.2) is 4.79 Å². The summed E-state index contributed by atoms with van der Waals surface area (Å²) in [5.41, 5.74) is 4.35. The number of benzene rings is 4. The molecule has 2 atom stereocenters. The summed E-state index contributed by atoms with van der Waals surface area (Å²) in [4.78, 5) is 26.5. The van der Waals surface area contributed by atoms with Crippen LogP contribution in [0.4, 0.5) is 18.0 Å². The van der Waals surface area contributed by atoms with Crippen LogP contribution in [0, 0.1) is 6.92 Å². The number of ether oxygens (including phenoxy) is 3. The monoisotopic (exact) mass is 603 g/mol. The largest absolute Gasteiger partial charge is 0.497 e. The van der Waals surface area contributed by atoms with Crippen LogP contribution in [0.2, 0.25) is 0 Å². The van der Waals surface area contributed by atoms with Crippen LogP contribution in [-0.4, -0.2) is 37.0 Å². The van der Waals surface area contributed by atoms with Crippen LogP contribution in [0.3, 0.4) is 0 Å². The van der Waals surface area contributed by atoms with Crippen LogP contribution >= 0.6 is 0 Å². The predicted octanol–water partition coefficient (Wildman–Crippen LogP) is 8.65. The molecule has 9 heteroatoms. The van der Waals surface area contributed by atoms with E-state index in [2.05, 4.69) is 0 Å². The van der Waals surface area contributed by atoms with Crippen molar-refractivity contribution < 1.29 is 37.0 Å². The Labute approximate surface area is 254 Å². The fourth-order valence-electron chi connectivity index (χ4n) is 5.62. The smallest absolute Gasteiger partial charge is 0.416 e. The lowest BCUT2D eigenvalue weighted by Crippen LogP contribution is -2.31. The third-order valence-corrected chi connectivity index (χ3v) is 8.02. The number of nitrogens with zero attached hydrogens (tertiary/aromatic N) is 1. The van der Waals surface area contributed by atoms with Crippen molar-refractivity contribution in [1.82, 2.24) is 4.90 Å². The number of halogens is 3. The molecule has 1 heterocycles. The van der Waals surface area contributed by atoms with Crippen LogP contribution in [-0.2, 0) is 17.5 Å². The molecule has 0 N–H and O–H groups in total. The van der Waals surface area contributed by atoms with Gasteiger partial charge in [-0.1, -0.05) is 36.4 Å². The van der Waals surface area contributed by atoms with E-state index in [1.54, 1.807) is 37.3 Å². The van der Waals surface area contributed by atoms with E-state index in [1.807, 2.05) is 37.3 Å². The quantitative estimate of drug-likeness (QED) is 0.189. The van der Waals surface area contributed by atoms with E-state index in [9.17, 15) is 22.8 Å². The van der Waals surface area contributed by atoms with E-state index >= 15 is 0 Å². The highest BCUT2D eigenvalue weighted by molar-refractivity contribution is 5.95. The molecule has 5 rings (SSSR count). The molecule has 228 valence electrons. The van der Waals surface area contributed by atoms with Gasteiger partial charge in [-0.3, -0.25) is 9.69 Å². The van der Waals surface area contributed by atoms with Crippen LogP contribution in [0.15, 0.2) is 78.9 Å². The Morgan fingerprint density at radius 3 is 2.32 bits per heavy atom. The fraction of sp³-hybridized carbons (Fsp3) is 0.257. The Morgan fingerprint density at radius 1 is 0.909 bits per heavy atom. The zero-order chi connectivity index (χ0) is 31.8. The number of aryl methyl sites for hydroxylation is 1. The van der Waals surface area contributed by atoms with Crippen molar-refractivity contribution in [1.29, 1.82) is 0 Å². The first-order valence-electron chi connectivity index (χ1n) is 14.0. The summed E-state index contributed by atoms with van der Waals surface area (Å²) in [7, 11) is 3.03. The average Bonchev–Trinajstić information content (AvgIpc) is 3.28. The molecule has 1 aliphatic rings. The normalized spacial score (nSPS) is 16.5. The highest BCUT2D eigenvalue weighted by Crippen LogP contribution is 2.41. The Balaban J connectivity index is 1.58. The minimum absolute atomic E-state index is 0.0484. The molecule has 0 radical (unpaired) electrons. The molecule has 1 aliphatic heterocycles. The molecule has 0 aliphatic carbocycles. The molecule has 4 aromatic carbocycles. The summed E-state index contributed by atoms with van der Waals surface area (Å²) < 4.78 is 58.4. The van der Waals surface area contributed by atoms with Gasteiger partial charge in [0, 0.05) is 11.1 Å². The minimum Gasteiger partial charge on any atom is -0.497 e. The maximum Gasteiger partial charge on any atom is 0.416 e. The number of cyclic esters (lactones) is 1. The van der Waals surface area contributed by atoms with Crippen molar-refractivity contribution >= 4 is 11.9 Å². The van der Waals surface area contributed by atoms with Crippen molar-refractivity contribution in [2.75, 3.05) is 14.2 Å². The van der Waals surface area contributed by atoms with Crippen LogP contribution in [0.1, 0.15) is 52.6 Å². The summed E-state index contributed by atoms with van der Waals surface area (Å²) in [5.74, 6) is 1.01. The summed E-state index contributed by atoms with van der Waals surface area (Å²) in [6.07, 6.45) is -5.85. The Kier molecular flexibility index (Phi) is 8.41. The second-order valence-corrected chi connectivity index (χ2v) is 10.8. The molecule has 6 nitrogen and oxygen atoms in total. The second-order valence-electron chi connectivity index (χ2n) is 10.8. The van der Waals surface area contributed by atoms with Gasteiger partial charge in [0.2, 0.25) is 0 Å². The summed E-state index contributed by atoms with van der Waals surface area (Å²) in [6, 6.07) is 21.1. The number of amides is 1. The highest BCUT2D eigenvalue weighted by Gasteiger charge is 2.40. The van der Waals surface area contributed by atoms with Gasteiger partial charge >= 0.3 is 12.3 Å². The average molecular weight is 604 g/mol. The zero-order valence-corrected chi connectivity index (χ0v) is 25.0. The van der Waals surface area contributed by atoms with E-state index in [0.29, 0.717) is 28.2 Å². The van der Waals surface area contributed by atoms with Gasteiger partial charge in [-0.05, 0) is 96.6 Å². The molecule has 0 unspecified atom stereocenters. The lowest BCUT2D eigenvalue weighted by atomic mass is 9.91. The number of alkyl halides is 3. The van der Waals surface area contributed by atoms with E-state index < -0.39 is 30.0 Å². The van der Waals surface area contributed by atoms with E-state index in [-0.39, 0.29) is 17.9 Å². The van der Waals surface area contributed by atoms with Crippen molar-refractivity contribution in [2.45, 2.75) is 45.6 Å². The first kappa shape index (κ1) is 30.7. The predicted molar refractivity (Wildman–Crippen MR) is 161 cm³/mol. The maximum absolute atomic E-state index is 13.9. The number of rotatable bonds is 8. The summed E-state index contributed by atoms with van der Waals surface area (Å²) in [5, 5.41) is 0. The fourth-order valence-corrected chi connectivity index (χ4v) is 5.62. The summed E-state index contributed by atoms with van der Waals surface area (Å²) in [6.45, 7) is 5.08. The molecular formula is C35H32F3NO5. The van der Waals surface area contributed by atoms with Gasteiger partial charge in [0.25, 0.3) is 0 Å². The Bertz CT molecular complexity index is 1730. The van der Waals surface area contributed by atoms with Gasteiger partial charge in [0.05, 0.1) is 32.4 Å². The number of carbonyl (C=O) groups excluding carboxylic acids is 2. The van der Waals surface area contributed by atoms with Crippen LogP contribution in [0.5, 0.6) is 11.5 Å². The first-order valence-corrected chi connectivity index (χ1v) is 14.0. The Hall–Kier alpha value is -4.79. The Morgan fingerprint density at radius 2 is 1.66 bits per heavy atom. The van der Waals surface area contributed by atoms with Crippen molar-refractivity contribution in [3.63, 3.8) is 0 Å². The van der Waals surface area contributed by atoms with Crippen LogP contribution in [0.25, 0.3) is 22.3 Å². The van der Waals surface area contributed by atoms with Gasteiger partial charge in [-0.15, -0.1) is 0 Å². The standard InChI is InChI=1S/C35H32F3NO5/c1-20-15-23(22(3)40)9-12-29(20)24-10-14-32(43-5)31(18-24)30-13-11-27(35(36,37)38)16-26(30)19-39-21(2)33(44-34(39)41)25-7-6-8-28(17-25)42-4/h6-18,21,33H,19H2,1-5H3/t21-,33-/m0/s1. The number of carbonyl (C=O) groups is 2. The highest BCUT2D eigenvalue weighted by atomic mass is 19.4. The molecule has 1 fully saturated rings. The number of ketones is 1. The van der Waals surface area contributed by atoms with Gasteiger partial charge in [0.15, 0.2) is 5.78 Å². The number of Topliss-reactive ketones (excluding diaryl/α,β-unsaturated/α-hetero) is 1. The van der Waals surface area contributed by atoms with Crippen molar-refractivity contribution in [3.8, 4) is 33.8 Å². The molecule has 0 saturated carbocycles. The second kappa shape index (κ2) is 12.1. The van der Waals surface area contributed by atoms with Crippen LogP contribution < -0.4 is 9.47 Å². The third kappa shape index (κ3) is 6.00. The molecule has 44 heavy (non-hydrogen) atoms. The molecule has 0 spiro atoms. The van der Waals surface area contributed by atoms with Crippen molar-refractivity contribution in [3.05, 3.63) is 107 Å². The van der Waals surface area contributed by atoms with E-state index in [1.165, 1.54) is 32.1 Å². The zero-order valence-electron chi connectivity index (χ0n) is 25.0. The lowest BCUT2D eigenvalue weighted by molar-refractivity contribution is -0.137. The van der Waals surface area contributed by atoms with E-state index in [4.69, 9.17) is 14.2 Å². The van der Waals surface area contributed by atoms with E-state index in [0.717, 1.165) is 34.4 Å². The molecule has 4 aromatic rings. The van der Waals surface area contributed by atoms with Gasteiger partial charge in [-0.2, -0.15) is 13.2 Å². The lowest BCUT2D eigenvalue weighted by Gasteiger charge is -2.24. The molecular weight excluding hydrogens is 571 g/mol. The molecule has 0 bridgehead atoms. The van der Waals surface area contributed by atoms with Crippen molar-refractivity contribution in [2.24, 2.45) is 0 Å². The number of hydrogen-bond acceptors (Lipinski definition) is 5. The molecule has 1 saturated heterocycles. The van der Waals surface area contributed by atoms with Gasteiger partial charge in [0.1, 0.15) is 17.6 Å². The topological polar surface area (TPSA) is 65.1 Å². The minimum atomic E-state index is -4.59. The summed E-state index contributed by atoms with van der Waals surface area (Å²) >= 11 is 0. The number of methoxy groups -OCH3 is 2. The SMILES string of the molecule is COc1cccc([C@H]2OC(=O)N(Cc3cc(C(F)(F)F)ccc3-c3cc(-c4ccc(C(C)=O)cc4C)ccc3OC)[C@H]2C)c1. The maximum atomic E-state index is 13.9. The molecule has 1 amide bonds. The first-order chi connectivity index (χ1) is 20.9. The number of hydrogen-bond donors (Lipinski definition) is 0.